The van der Waals surface area contributed by atoms with Crippen molar-refractivity contribution in [1.29, 1.82) is 0 Å². The van der Waals surface area contributed by atoms with Crippen molar-refractivity contribution in [3.8, 4) is 0 Å². The lowest BCUT2D eigenvalue weighted by molar-refractivity contribution is -0.140. The van der Waals surface area contributed by atoms with Crippen LogP contribution in [0.3, 0.4) is 0 Å². The second-order valence-corrected chi connectivity index (χ2v) is 7.14. The molecule has 0 fully saturated rings. The molecule has 0 saturated carbocycles. The van der Waals surface area contributed by atoms with E-state index in [0.717, 1.165) is 5.56 Å². The zero-order valence-corrected chi connectivity index (χ0v) is 17.2. The highest BCUT2D eigenvalue weighted by atomic mass is 16.4. The number of carbonyl (C=O) groups is 4. The van der Waals surface area contributed by atoms with Gasteiger partial charge in [-0.15, -0.1) is 0 Å². The summed E-state index contributed by atoms with van der Waals surface area (Å²) in [5, 5.41) is 21.3. The van der Waals surface area contributed by atoms with Crippen molar-refractivity contribution in [2.24, 2.45) is 11.5 Å². The molecule has 0 bridgehead atoms. The molecular weight excluding hydrogens is 408 g/mol. The predicted molar refractivity (Wildman–Crippen MR) is 113 cm³/mol. The number of hydrogen-bond donors (Lipinski definition) is 6. The Balaban J connectivity index is 2.82. The van der Waals surface area contributed by atoms with Gasteiger partial charge in [-0.25, -0.2) is 0 Å². The van der Waals surface area contributed by atoms with E-state index >= 15 is 0 Å². The molecule has 0 spiro atoms. The van der Waals surface area contributed by atoms with E-state index in [1.54, 1.807) is 12.1 Å². The molecule has 2 amide bonds. The maximum absolute atomic E-state index is 11.5. The normalized spacial score (nSPS) is 12.1. The van der Waals surface area contributed by atoms with Crippen LogP contribution in [0.1, 0.15) is 5.56 Å². The molecule has 0 heterocycles. The van der Waals surface area contributed by atoms with E-state index in [2.05, 4.69) is 5.32 Å². The predicted octanol–water partition coefficient (Wildman–Crippen LogP) is -2.49. The van der Waals surface area contributed by atoms with Crippen LogP contribution in [0.4, 0.5) is 5.69 Å². The van der Waals surface area contributed by atoms with Gasteiger partial charge in [0.15, 0.2) is 0 Å². The van der Waals surface area contributed by atoms with Crippen LogP contribution < -0.4 is 22.5 Å². The topological polar surface area (TPSA) is 205 Å². The molecule has 12 nitrogen and oxygen atoms in total. The first-order valence-corrected chi connectivity index (χ1v) is 9.58. The first-order valence-electron chi connectivity index (χ1n) is 9.58. The number of carboxylic acids is 2. The molecule has 0 aliphatic rings. The smallest absolute Gasteiger partial charge is 0.317 e. The zero-order chi connectivity index (χ0) is 23.4. The van der Waals surface area contributed by atoms with E-state index in [4.69, 9.17) is 22.3 Å². The summed E-state index contributed by atoms with van der Waals surface area (Å²) >= 11 is 0. The number of aliphatic carboxylic acids is 2. The molecule has 0 saturated heterocycles. The Labute approximate surface area is 179 Å². The molecule has 0 radical (unpaired) electrons. The molecule has 0 aromatic heterocycles. The average Bonchev–Trinajstić information content (AvgIpc) is 2.63. The SMILES string of the molecule is NC(=O)CN(CCNCC(Cc1ccc(N)cc1)N(CC(N)=O)CC(=O)O)CC(=O)O. The number of anilines is 1. The molecule has 1 unspecified atom stereocenters. The van der Waals surface area contributed by atoms with Crippen molar-refractivity contribution < 1.29 is 29.4 Å². The molecule has 1 aromatic rings. The molecule has 31 heavy (non-hydrogen) atoms. The number of primary amides is 2. The van der Waals surface area contributed by atoms with Gasteiger partial charge < -0.3 is 32.7 Å². The van der Waals surface area contributed by atoms with Crippen LogP contribution in [0.2, 0.25) is 0 Å². The van der Waals surface area contributed by atoms with Gasteiger partial charge in [0, 0.05) is 31.4 Å². The lowest BCUT2D eigenvalue weighted by Gasteiger charge is -2.30. The third-order valence-electron chi connectivity index (χ3n) is 4.39. The van der Waals surface area contributed by atoms with Gasteiger partial charge in [-0.2, -0.15) is 0 Å². The van der Waals surface area contributed by atoms with Crippen molar-refractivity contribution in [1.82, 2.24) is 15.1 Å². The summed E-state index contributed by atoms with van der Waals surface area (Å²) in [6.45, 7) is -0.309. The lowest BCUT2D eigenvalue weighted by atomic mass is 10.0. The highest BCUT2D eigenvalue weighted by Gasteiger charge is 2.23. The van der Waals surface area contributed by atoms with E-state index in [9.17, 15) is 24.3 Å². The molecule has 0 aliphatic carbocycles. The third kappa shape index (κ3) is 11.5. The van der Waals surface area contributed by atoms with Crippen molar-refractivity contribution in [3.05, 3.63) is 29.8 Å². The zero-order valence-electron chi connectivity index (χ0n) is 17.2. The number of nitrogens with zero attached hydrogens (tertiary/aromatic N) is 2. The monoisotopic (exact) mass is 438 g/mol. The summed E-state index contributed by atoms with van der Waals surface area (Å²) < 4.78 is 0. The second-order valence-electron chi connectivity index (χ2n) is 7.14. The lowest BCUT2D eigenvalue weighted by Crippen LogP contribution is -2.50. The van der Waals surface area contributed by atoms with Crippen LogP contribution in [0.15, 0.2) is 24.3 Å². The minimum atomic E-state index is -1.10. The fourth-order valence-electron chi connectivity index (χ4n) is 3.08. The number of nitrogens with two attached hydrogens (primary N) is 3. The number of nitrogens with one attached hydrogen (secondary N) is 1. The van der Waals surface area contributed by atoms with Crippen LogP contribution in [0.5, 0.6) is 0 Å². The quantitative estimate of drug-likeness (QED) is 0.118. The number of carbonyl (C=O) groups excluding carboxylic acids is 2. The average molecular weight is 438 g/mol. The van der Waals surface area contributed by atoms with Crippen LogP contribution >= 0.6 is 0 Å². The van der Waals surface area contributed by atoms with E-state index in [1.165, 1.54) is 9.80 Å². The molecule has 1 atom stereocenters. The van der Waals surface area contributed by atoms with Gasteiger partial charge in [0.25, 0.3) is 0 Å². The number of carboxylic acid groups (broad SMARTS) is 2. The largest absolute Gasteiger partial charge is 0.480 e. The molecule has 172 valence electrons. The number of nitrogen functional groups attached to an aromatic ring is 1. The summed E-state index contributed by atoms with van der Waals surface area (Å²) in [7, 11) is 0. The maximum Gasteiger partial charge on any atom is 0.317 e. The molecule has 1 aromatic carbocycles. The van der Waals surface area contributed by atoms with Crippen LogP contribution in [0, 0.1) is 0 Å². The van der Waals surface area contributed by atoms with Crippen molar-refractivity contribution in [3.63, 3.8) is 0 Å². The van der Waals surface area contributed by atoms with Crippen LogP contribution in [-0.2, 0) is 25.6 Å². The van der Waals surface area contributed by atoms with Crippen molar-refractivity contribution in [2.45, 2.75) is 12.5 Å². The summed E-state index contributed by atoms with van der Waals surface area (Å²) in [6.07, 6.45) is 0.425. The Morgan fingerprint density at radius 3 is 2.00 bits per heavy atom. The van der Waals surface area contributed by atoms with E-state index in [0.29, 0.717) is 25.2 Å². The van der Waals surface area contributed by atoms with Crippen LogP contribution in [0.25, 0.3) is 0 Å². The van der Waals surface area contributed by atoms with Crippen LogP contribution in [-0.4, -0.2) is 95.6 Å². The highest BCUT2D eigenvalue weighted by Crippen LogP contribution is 2.11. The Morgan fingerprint density at radius 2 is 1.48 bits per heavy atom. The highest BCUT2D eigenvalue weighted by molar-refractivity contribution is 5.77. The Morgan fingerprint density at radius 1 is 0.903 bits per heavy atom. The fourth-order valence-corrected chi connectivity index (χ4v) is 3.08. The van der Waals surface area contributed by atoms with E-state index < -0.39 is 29.8 Å². The molecule has 0 aliphatic heterocycles. The summed E-state index contributed by atoms with van der Waals surface area (Å²) in [5.74, 6) is -3.48. The Bertz CT molecular complexity index is 725. The number of amides is 2. The maximum atomic E-state index is 11.5. The first kappa shape index (κ1) is 25.8. The number of benzene rings is 1. The third-order valence-corrected chi connectivity index (χ3v) is 4.39. The second kappa shape index (κ2) is 13.2. The van der Waals surface area contributed by atoms with E-state index in [1.807, 2.05) is 12.1 Å². The van der Waals surface area contributed by atoms with Gasteiger partial charge >= 0.3 is 11.9 Å². The van der Waals surface area contributed by atoms with Gasteiger partial charge in [0.05, 0.1) is 26.2 Å². The fraction of sp³-hybridized carbons (Fsp3) is 0.474. The Hall–Kier alpha value is -3.22. The van der Waals surface area contributed by atoms with Gasteiger partial charge in [-0.1, -0.05) is 12.1 Å². The van der Waals surface area contributed by atoms with Gasteiger partial charge in [0.2, 0.25) is 11.8 Å². The molecular formula is C19H30N6O6. The number of hydrogen-bond acceptors (Lipinski definition) is 8. The van der Waals surface area contributed by atoms with Gasteiger partial charge in [-0.3, -0.25) is 29.0 Å². The van der Waals surface area contributed by atoms with Gasteiger partial charge in [-0.05, 0) is 24.1 Å². The molecule has 1 rings (SSSR count). The minimum absolute atomic E-state index is 0.199. The minimum Gasteiger partial charge on any atom is -0.480 e. The van der Waals surface area contributed by atoms with Crippen molar-refractivity contribution in [2.75, 3.05) is 51.5 Å². The Kier molecular flexibility index (Phi) is 11.0. The summed E-state index contributed by atoms with van der Waals surface area (Å²) in [5.41, 5.74) is 17.6. The summed E-state index contributed by atoms with van der Waals surface area (Å²) in [6, 6.07) is 6.68. The number of rotatable bonds is 16. The molecule has 12 heteroatoms. The van der Waals surface area contributed by atoms with Crippen molar-refractivity contribution >= 4 is 29.4 Å². The standard InChI is InChI=1S/C19H30N6O6/c20-14-3-1-13(2-4-14)7-15(25(10-17(22)27)12-19(30)31)8-23-5-6-24(9-16(21)26)11-18(28)29/h1-4,15,23H,5-12,20H2,(H2,21,26)(H2,22,27)(H,28,29)(H,30,31). The van der Waals surface area contributed by atoms with E-state index in [-0.39, 0.29) is 32.7 Å². The van der Waals surface area contributed by atoms with Gasteiger partial charge in [0.1, 0.15) is 0 Å². The summed E-state index contributed by atoms with van der Waals surface area (Å²) in [4.78, 5) is 47.6. The molecule has 9 N–H and O–H groups in total. The first-order chi connectivity index (χ1) is 14.6.